The van der Waals surface area contributed by atoms with E-state index in [2.05, 4.69) is 0 Å². The Morgan fingerprint density at radius 3 is 2.75 bits per heavy atom. The molecule has 0 saturated heterocycles. The third-order valence-corrected chi connectivity index (χ3v) is 4.80. The summed E-state index contributed by atoms with van der Waals surface area (Å²) in [5.41, 5.74) is 2.93. The Hall–Kier alpha value is -3.02. The molecule has 24 heavy (non-hydrogen) atoms. The van der Waals surface area contributed by atoms with Crippen LogP contribution in [0.2, 0.25) is 0 Å². The summed E-state index contributed by atoms with van der Waals surface area (Å²) in [5, 5.41) is 20.4. The normalized spacial score (nSPS) is 16.5. The molecule has 0 amide bonds. The Bertz CT molecular complexity index is 981. The first-order valence-corrected chi connectivity index (χ1v) is 7.66. The lowest BCUT2D eigenvalue weighted by atomic mass is 9.83. The minimum atomic E-state index is -0.915. The van der Waals surface area contributed by atoms with E-state index in [0.29, 0.717) is 46.1 Å². The molecule has 1 unspecified atom stereocenters. The third-order valence-electron chi connectivity index (χ3n) is 4.80. The third kappa shape index (κ3) is 1.83. The number of furan rings is 1. The van der Waals surface area contributed by atoms with Crippen molar-refractivity contribution in [2.45, 2.75) is 25.7 Å². The Morgan fingerprint density at radius 1 is 1.29 bits per heavy atom. The molecule has 0 bridgehead atoms. The molecule has 0 radical (unpaired) electrons. The topological polar surface area (TPSA) is 92.7 Å². The first-order chi connectivity index (χ1) is 11.5. The van der Waals surface area contributed by atoms with Crippen molar-refractivity contribution in [1.82, 2.24) is 4.57 Å². The number of aromatic nitrogens is 1. The van der Waals surface area contributed by atoms with Crippen LogP contribution in [0.3, 0.4) is 0 Å². The minimum absolute atomic E-state index is 0.139. The van der Waals surface area contributed by atoms with Gasteiger partial charge in [0.25, 0.3) is 5.91 Å². The molecule has 1 aliphatic rings. The van der Waals surface area contributed by atoms with Gasteiger partial charge in [0.2, 0.25) is 0 Å². The average Bonchev–Trinajstić information content (AvgIpc) is 3.18. The van der Waals surface area contributed by atoms with Gasteiger partial charge in [-0.3, -0.25) is 14.2 Å². The van der Waals surface area contributed by atoms with Crippen molar-refractivity contribution in [2.75, 3.05) is 0 Å². The van der Waals surface area contributed by atoms with Crippen molar-refractivity contribution in [2.24, 2.45) is 0 Å². The quantitative estimate of drug-likeness (QED) is 0.755. The fraction of sp³-hybridized carbons (Fsp3) is 0.222. The highest BCUT2D eigenvalue weighted by molar-refractivity contribution is 6.06. The van der Waals surface area contributed by atoms with Gasteiger partial charge in [-0.25, -0.2) is 0 Å². The maximum Gasteiger partial charge on any atom is 0.311 e. The highest BCUT2D eigenvalue weighted by atomic mass is 16.4. The first-order valence-electron chi connectivity index (χ1n) is 7.66. The predicted octanol–water partition coefficient (Wildman–Crippen LogP) is 3.05. The van der Waals surface area contributed by atoms with Crippen LogP contribution in [0.25, 0.3) is 10.9 Å². The number of phenolic OH excluding ortho intramolecular Hbond substituents is 1. The van der Waals surface area contributed by atoms with Crippen LogP contribution in [0.5, 0.6) is 5.75 Å². The Kier molecular flexibility index (Phi) is 3.03. The predicted molar refractivity (Wildman–Crippen MR) is 85.5 cm³/mol. The SMILES string of the molecule is Cc1c2c3c(c(O)ccc3n1C(=O)c1ccoc1)CCC2C(=O)O. The summed E-state index contributed by atoms with van der Waals surface area (Å²) in [6.07, 6.45) is 3.66. The molecule has 0 spiro atoms. The number of aromatic hydroxyl groups is 1. The summed E-state index contributed by atoms with van der Waals surface area (Å²) in [6, 6.07) is 4.79. The molecule has 1 aromatic carbocycles. The molecule has 2 heterocycles. The van der Waals surface area contributed by atoms with Gasteiger partial charge in [-0.1, -0.05) is 0 Å². The molecule has 6 nitrogen and oxygen atoms in total. The summed E-state index contributed by atoms with van der Waals surface area (Å²) in [6.45, 7) is 1.75. The van der Waals surface area contributed by atoms with Crippen LogP contribution in [0, 0.1) is 6.92 Å². The number of phenols is 1. The number of hydrogen-bond donors (Lipinski definition) is 2. The second-order valence-corrected chi connectivity index (χ2v) is 6.04. The highest BCUT2D eigenvalue weighted by Gasteiger charge is 2.34. The highest BCUT2D eigenvalue weighted by Crippen LogP contribution is 2.44. The Labute approximate surface area is 136 Å². The van der Waals surface area contributed by atoms with E-state index in [1.54, 1.807) is 25.1 Å². The van der Waals surface area contributed by atoms with E-state index in [0.717, 1.165) is 0 Å². The van der Waals surface area contributed by atoms with E-state index in [1.807, 2.05) is 0 Å². The van der Waals surface area contributed by atoms with E-state index in [4.69, 9.17) is 4.42 Å². The number of carboxylic acids is 1. The molecule has 1 aliphatic carbocycles. The van der Waals surface area contributed by atoms with Gasteiger partial charge in [0.1, 0.15) is 12.0 Å². The van der Waals surface area contributed by atoms with Crippen molar-refractivity contribution in [1.29, 1.82) is 0 Å². The first kappa shape index (κ1) is 14.6. The van der Waals surface area contributed by atoms with E-state index >= 15 is 0 Å². The molecular weight excluding hydrogens is 310 g/mol. The smallest absolute Gasteiger partial charge is 0.311 e. The average molecular weight is 325 g/mol. The molecule has 0 aliphatic heterocycles. The molecule has 2 N–H and O–H groups in total. The standard InChI is InChI=1S/C18H15NO5/c1-9-15-12(18(22)23)3-2-11-14(20)5-4-13(16(11)15)19(9)17(21)10-6-7-24-8-10/h4-8,12,20H,2-3H2,1H3,(H,22,23). The zero-order chi connectivity index (χ0) is 17.0. The van der Waals surface area contributed by atoms with Crippen LogP contribution < -0.4 is 0 Å². The van der Waals surface area contributed by atoms with Gasteiger partial charge >= 0.3 is 5.97 Å². The van der Waals surface area contributed by atoms with E-state index in [9.17, 15) is 19.8 Å². The maximum absolute atomic E-state index is 12.9. The van der Waals surface area contributed by atoms with Gasteiger partial charge in [0, 0.05) is 16.6 Å². The molecule has 6 heteroatoms. The summed E-state index contributed by atoms with van der Waals surface area (Å²) in [7, 11) is 0. The molecular formula is C18H15NO5. The van der Waals surface area contributed by atoms with Gasteiger partial charge < -0.3 is 14.6 Å². The van der Waals surface area contributed by atoms with E-state index < -0.39 is 11.9 Å². The summed E-state index contributed by atoms with van der Waals surface area (Å²) in [4.78, 5) is 24.5. The monoisotopic (exact) mass is 325 g/mol. The molecule has 3 aromatic rings. The van der Waals surface area contributed by atoms with Gasteiger partial charge in [0.05, 0.1) is 23.3 Å². The largest absolute Gasteiger partial charge is 0.508 e. The van der Waals surface area contributed by atoms with Crippen molar-refractivity contribution in [3.63, 3.8) is 0 Å². The van der Waals surface area contributed by atoms with Crippen LogP contribution in [0.1, 0.15) is 39.5 Å². The number of rotatable bonds is 2. The number of nitrogens with zero attached hydrogens (tertiary/aromatic N) is 1. The minimum Gasteiger partial charge on any atom is -0.508 e. The molecule has 2 aromatic heterocycles. The lowest BCUT2D eigenvalue weighted by Gasteiger charge is -2.20. The van der Waals surface area contributed by atoms with Crippen LogP contribution in [-0.2, 0) is 11.2 Å². The van der Waals surface area contributed by atoms with Crippen molar-refractivity contribution in [3.8, 4) is 5.75 Å². The van der Waals surface area contributed by atoms with Gasteiger partial charge in [-0.15, -0.1) is 0 Å². The van der Waals surface area contributed by atoms with Crippen LogP contribution in [0.4, 0.5) is 0 Å². The molecule has 0 fully saturated rings. The molecule has 122 valence electrons. The van der Waals surface area contributed by atoms with Crippen LogP contribution in [-0.4, -0.2) is 26.7 Å². The summed E-state index contributed by atoms with van der Waals surface area (Å²) < 4.78 is 6.50. The number of benzene rings is 1. The lowest BCUT2D eigenvalue weighted by Crippen LogP contribution is -2.18. The van der Waals surface area contributed by atoms with E-state index in [1.165, 1.54) is 17.1 Å². The van der Waals surface area contributed by atoms with E-state index in [-0.39, 0.29) is 11.7 Å². The Morgan fingerprint density at radius 2 is 2.08 bits per heavy atom. The zero-order valence-electron chi connectivity index (χ0n) is 12.9. The molecule has 0 saturated carbocycles. The second-order valence-electron chi connectivity index (χ2n) is 6.04. The summed E-state index contributed by atoms with van der Waals surface area (Å²) >= 11 is 0. The van der Waals surface area contributed by atoms with Crippen LogP contribution >= 0.6 is 0 Å². The van der Waals surface area contributed by atoms with Crippen LogP contribution in [0.15, 0.2) is 35.1 Å². The maximum atomic E-state index is 12.9. The molecule has 4 rings (SSSR count). The number of aryl methyl sites for hydroxylation is 1. The second kappa shape index (κ2) is 4.99. The molecule has 1 atom stereocenters. The Balaban J connectivity index is 2.07. The van der Waals surface area contributed by atoms with Crippen molar-refractivity contribution in [3.05, 3.63) is 53.1 Å². The number of hydrogen-bond acceptors (Lipinski definition) is 4. The van der Waals surface area contributed by atoms with Gasteiger partial charge in [0.15, 0.2) is 0 Å². The van der Waals surface area contributed by atoms with Gasteiger partial charge in [-0.2, -0.15) is 0 Å². The van der Waals surface area contributed by atoms with Gasteiger partial charge in [-0.05, 0) is 43.5 Å². The number of aliphatic carboxylic acids is 1. The number of carbonyl (C=O) groups excluding carboxylic acids is 1. The zero-order valence-corrected chi connectivity index (χ0v) is 12.9. The lowest BCUT2D eigenvalue weighted by molar-refractivity contribution is -0.139. The van der Waals surface area contributed by atoms with Crippen molar-refractivity contribution < 1.29 is 24.2 Å². The fourth-order valence-corrected chi connectivity index (χ4v) is 3.73. The van der Waals surface area contributed by atoms with Crippen molar-refractivity contribution >= 4 is 22.8 Å². The number of carbonyl (C=O) groups is 2. The summed E-state index contributed by atoms with van der Waals surface area (Å²) in [5.74, 6) is -1.73. The fourth-order valence-electron chi connectivity index (χ4n) is 3.73. The number of carboxylic acid groups (broad SMARTS) is 1.